The van der Waals surface area contributed by atoms with E-state index in [1.165, 1.54) is 0 Å². The van der Waals surface area contributed by atoms with Gasteiger partial charge in [-0.15, -0.1) is 0 Å². The van der Waals surface area contributed by atoms with Crippen molar-refractivity contribution in [1.82, 2.24) is 15.6 Å². The first-order valence-corrected chi connectivity index (χ1v) is 10.6. The van der Waals surface area contributed by atoms with Crippen molar-refractivity contribution in [2.75, 3.05) is 44.3 Å². The third-order valence-corrected chi connectivity index (χ3v) is 5.36. The molecule has 28 heavy (non-hydrogen) atoms. The van der Waals surface area contributed by atoms with Crippen molar-refractivity contribution < 1.29 is 9.84 Å². The molecule has 7 nitrogen and oxygen atoms in total. The van der Waals surface area contributed by atoms with Crippen LogP contribution in [0.25, 0.3) is 0 Å². The van der Waals surface area contributed by atoms with Gasteiger partial charge in [-0.3, -0.25) is 0 Å². The van der Waals surface area contributed by atoms with Gasteiger partial charge >= 0.3 is 0 Å². The number of hydrogen-bond donors (Lipinski definition) is 3. The molecule has 1 atom stereocenters. The van der Waals surface area contributed by atoms with E-state index in [1.807, 2.05) is 42.9 Å². The van der Waals surface area contributed by atoms with Gasteiger partial charge in [0.25, 0.3) is 0 Å². The van der Waals surface area contributed by atoms with Gasteiger partial charge in [0, 0.05) is 31.4 Å². The highest BCUT2D eigenvalue weighted by Crippen LogP contribution is 2.22. The zero-order valence-electron chi connectivity index (χ0n) is 16.5. The Morgan fingerprint density at radius 3 is 2.89 bits per heavy atom. The summed E-state index contributed by atoms with van der Waals surface area (Å²) in [6.45, 7) is 8.60. The Kier molecular flexibility index (Phi) is 7.24. The third kappa shape index (κ3) is 5.43. The van der Waals surface area contributed by atoms with E-state index in [2.05, 4.69) is 26.6 Å². The molecular weight excluding hydrogens is 374 g/mol. The van der Waals surface area contributed by atoms with E-state index in [0.29, 0.717) is 19.0 Å². The summed E-state index contributed by atoms with van der Waals surface area (Å²) in [7, 11) is 0. The van der Waals surface area contributed by atoms with Gasteiger partial charge in [-0.25, -0.2) is 9.98 Å². The number of thiophene rings is 1. The summed E-state index contributed by atoms with van der Waals surface area (Å²) in [5.41, 5.74) is 1.03. The predicted molar refractivity (Wildman–Crippen MR) is 114 cm³/mol. The van der Waals surface area contributed by atoms with Crippen molar-refractivity contribution in [2.24, 2.45) is 4.99 Å². The molecule has 8 heteroatoms. The summed E-state index contributed by atoms with van der Waals surface area (Å²) < 4.78 is 5.45. The molecular formula is C20H29N5O2S. The van der Waals surface area contributed by atoms with E-state index >= 15 is 0 Å². The SMILES string of the molecule is CCNC(=NCc1cccnc1N1CCOCC1)NCC(C)(O)c1ccsc1. The minimum atomic E-state index is -0.955. The maximum atomic E-state index is 10.7. The number of nitrogens with one attached hydrogen (secondary N) is 2. The van der Waals surface area contributed by atoms with Crippen LogP contribution in [0.15, 0.2) is 40.1 Å². The number of morpholine rings is 1. The number of nitrogens with zero attached hydrogens (tertiary/aromatic N) is 3. The summed E-state index contributed by atoms with van der Waals surface area (Å²) in [5.74, 6) is 1.64. The number of anilines is 1. The molecule has 0 aliphatic carbocycles. The number of aliphatic hydroxyl groups is 1. The van der Waals surface area contributed by atoms with Crippen LogP contribution >= 0.6 is 11.3 Å². The van der Waals surface area contributed by atoms with Crippen molar-refractivity contribution in [2.45, 2.75) is 26.0 Å². The number of guanidine groups is 1. The van der Waals surface area contributed by atoms with Gasteiger partial charge in [0.1, 0.15) is 11.4 Å². The Morgan fingerprint density at radius 2 is 2.18 bits per heavy atom. The zero-order valence-corrected chi connectivity index (χ0v) is 17.3. The molecule has 2 aromatic rings. The highest BCUT2D eigenvalue weighted by Gasteiger charge is 2.23. The van der Waals surface area contributed by atoms with E-state index in [9.17, 15) is 5.11 Å². The third-order valence-electron chi connectivity index (χ3n) is 4.67. The first-order chi connectivity index (χ1) is 13.6. The van der Waals surface area contributed by atoms with Gasteiger partial charge in [0.15, 0.2) is 5.96 Å². The van der Waals surface area contributed by atoms with E-state index in [4.69, 9.17) is 9.73 Å². The molecule has 3 rings (SSSR count). The summed E-state index contributed by atoms with van der Waals surface area (Å²) >= 11 is 1.58. The number of rotatable bonds is 7. The molecule has 1 aliphatic heterocycles. The van der Waals surface area contributed by atoms with Crippen LogP contribution in [0.3, 0.4) is 0 Å². The van der Waals surface area contributed by atoms with E-state index in [-0.39, 0.29) is 0 Å². The minimum Gasteiger partial charge on any atom is -0.384 e. The zero-order chi connectivity index (χ0) is 19.8. The fraction of sp³-hybridized carbons (Fsp3) is 0.500. The molecule has 3 heterocycles. The number of hydrogen-bond acceptors (Lipinski definition) is 6. The molecule has 0 radical (unpaired) electrons. The highest BCUT2D eigenvalue weighted by molar-refractivity contribution is 7.08. The minimum absolute atomic E-state index is 0.374. The van der Waals surface area contributed by atoms with Crippen molar-refractivity contribution >= 4 is 23.1 Å². The summed E-state index contributed by atoms with van der Waals surface area (Å²) in [5, 5.41) is 21.2. The van der Waals surface area contributed by atoms with Gasteiger partial charge in [-0.1, -0.05) is 6.07 Å². The lowest BCUT2D eigenvalue weighted by Crippen LogP contribution is -2.44. The normalized spacial score (nSPS) is 17.2. The maximum Gasteiger partial charge on any atom is 0.191 e. The monoisotopic (exact) mass is 403 g/mol. The smallest absolute Gasteiger partial charge is 0.191 e. The average molecular weight is 404 g/mol. The Labute approximate surface area is 170 Å². The van der Waals surface area contributed by atoms with E-state index in [1.54, 1.807) is 11.3 Å². The number of ether oxygens (including phenoxy) is 1. The largest absolute Gasteiger partial charge is 0.384 e. The Balaban J connectivity index is 1.68. The van der Waals surface area contributed by atoms with Crippen LogP contribution in [0, 0.1) is 0 Å². The van der Waals surface area contributed by atoms with Crippen LogP contribution in [0.4, 0.5) is 5.82 Å². The van der Waals surface area contributed by atoms with Gasteiger partial charge in [0.05, 0.1) is 26.3 Å². The second-order valence-corrected chi connectivity index (χ2v) is 7.70. The lowest BCUT2D eigenvalue weighted by Gasteiger charge is -2.29. The molecule has 3 N–H and O–H groups in total. The molecule has 0 bridgehead atoms. The standard InChI is InChI=1S/C20H29N5O2S/c1-3-21-19(24-15-20(2,26)17-6-12-28-14-17)23-13-16-5-4-7-22-18(16)25-8-10-27-11-9-25/h4-7,12,14,26H,3,8-11,13,15H2,1-2H3,(H2,21,23,24). The van der Waals surface area contributed by atoms with Crippen LogP contribution < -0.4 is 15.5 Å². The van der Waals surface area contributed by atoms with Crippen LogP contribution in [0.1, 0.15) is 25.0 Å². The Morgan fingerprint density at radius 1 is 1.36 bits per heavy atom. The average Bonchev–Trinajstić information content (AvgIpc) is 3.27. The second kappa shape index (κ2) is 9.86. The fourth-order valence-electron chi connectivity index (χ4n) is 3.05. The van der Waals surface area contributed by atoms with Gasteiger partial charge in [-0.2, -0.15) is 11.3 Å². The molecule has 0 aromatic carbocycles. The van der Waals surface area contributed by atoms with Crippen LogP contribution in [0.5, 0.6) is 0 Å². The molecule has 1 saturated heterocycles. The molecule has 0 amide bonds. The van der Waals surface area contributed by atoms with Crippen molar-refractivity contribution in [3.05, 3.63) is 46.3 Å². The number of pyridine rings is 1. The molecule has 152 valence electrons. The Hall–Kier alpha value is -2.16. The van der Waals surface area contributed by atoms with Gasteiger partial charge < -0.3 is 25.4 Å². The van der Waals surface area contributed by atoms with E-state index < -0.39 is 5.60 Å². The molecule has 1 fully saturated rings. The van der Waals surface area contributed by atoms with Crippen molar-refractivity contribution in [3.63, 3.8) is 0 Å². The molecule has 2 aromatic heterocycles. The molecule has 0 saturated carbocycles. The lowest BCUT2D eigenvalue weighted by atomic mass is 9.99. The van der Waals surface area contributed by atoms with Crippen molar-refractivity contribution in [3.8, 4) is 0 Å². The molecule has 1 unspecified atom stereocenters. The van der Waals surface area contributed by atoms with Gasteiger partial charge in [-0.05, 0) is 42.3 Å². The maximum absolute atomic E-state index is 10.7. The summed E-state index contributed by atoms with van der Waals surface area (Å²) in [6.07, 6.45) is 1.82. The van der Waals surface area contributed by atoms with Gasteiger partial charge in [0.2, 0.25) is 0 Å². The quantitative estimate of drug-likeness (QED) is 0.484. The summed E-state index contributed by atoms with van der Waals surface area (Å²) in [4.78, 5) is 11.5. The second-order valence-electron chi connectivity index (χ2n) is 6.92. The van der Waals surface area contributed by atoms with Crippen LogP contribution in [-0.2, 0) is 16.9 Å². The van der Waals surface area contributed by atoms with E-state index in [0.717, 1.165) is 49.8 Å². The number of aromatic nitrogens is 1. The predicted octanol–water partition coefficient (Wildman–Crippen LogP) is 1.94. The summed E-state index contributed by atoms with van der Waals surface area (Å²) in [6, 6.07) is 5.95. The number of aliphatic imine (C=N–C) groups is 1. The van der Waals surface area contributed by atoms with Crippen LogP contribution in [-0.4, -0.2) is 55.4 Å². The lowest BCUT2D eigenvalue weighted by molar-refractivity contribution is 0.0621. The topological polar surface area (TPSA) is 82.0 Å². The highest BCUT2D eigenvalue weighted by atomic mass is 32.1. The first kappa shape index (κ1) is 20.6. The van der Waals surface area contributed by atoms with Crippen molar-refractivity contribution in [1.29, 1.82) is 0 Å². The Bertz CT molecular complexity index is 758. The fourth-order valence-corrected chi connectivity index (χ4v) is 3.83. The molecule has 1 aliphatic rings. The first-order valence-electron chi connectivity index (χ1n) is 9.64. The van der Waals surface area contributed by atoms with Crippen LogP contribution in [0.2, 0.25) is 0 Å². The molecule has 0 spiro atoms.